The fourth-order valence-electron chi connectivity index (χ4n) is 3.39. The van der Waals surface area contributed by atoms with Crippen molar-refractivity contribution in [3.63, 3.8) is 0 Å². The minimum absolute atomic E-state index is 0.111. The van der Waals surface area contributed by atoms with Crippen LogP contribution in [0.2, 0.25) is 0 Å². The van der Waals surface area contributed by atoms with E-state index in [0.717, 1.165) is 27.9 Å². The van der Waals surface area contributed by atoms with Gasteiger partial charge in [0, 0.05) is 42.2 Å². The highest BCUT2D eigenvalue weighted by Gasteiger charge is 2.10. The average Bonchev–Trinajstić information content (AvgIpc) is 3.17. The standard InChI is InChI=1S/C21H16N6O/c28-21-18-5-3-4-17(15-10-22-14-23-11-15)19(18)12-24-27(21)9-7-16-13-26-8-2-1-6-20(26)25-16/h1-6,8,10-14H,7,9H2. The molecule has 0 unspecified atom stereocenters. The smallest absolute Gasteiger partial charge is 0.274 e. The Kier molecular flexibility index (Phi) is 3.90. The molecular weight excluding hydrogens is 352 g/mol. The van der Waals surface area contributed by atoms with Gasteiger partial charge in [0.25, 0.3) is 5.56 Å². The summed E-state index contributed by atoms with van der Waals surface area (Å²) in [7, 11) is 0. The Balaban J connectivity index is 1.49. The van der Waals surface area contributed by atoms with E-state index in [0.29, 0.717) is 18.4 Å². The highest BCUT2D eigenvalue weighted by molar-refractivity contribution is 5.95. The van der Waals surface area contributed by atoms with E-state index in [2.05, 4.69) is 20.1 Å². The first-order valence-electron chi connectivity index (χ1n) is 8.96. The van der Waals surface area contributed by atoms with Gasteiger partial charge in [0.15, 0.2) is 0 Å². The van der Waals surface area contributed by atoms with Crippen LogP contribution in [0.25, 0.3) is 27.5 Å². The van der Waals surface area contributed by atoms with Crippen LogP contribution in [-0.2, 0) is 13.0 Å². The van der Waals surface area contributed by atoms with Crippen molar-refractivity contribution in [2.45, 2.75) is 13.0 Å². The second-order valence-corrected chi connectivity index (χ2v) is 6.52. The fraction of sp³-hybridized carbons (Fsp3) is 0.0952. The normalized spacial score (nSPS) is 11.3. The summed E-state index contributed by atoms with van der Waals surface area (Å²) in [6.07, 6.45) is 11.3. The van der Waals surface area contributed by atoms with Crippen LogP contribution in [0.4, 0.5) is 0 Å². The van der Waals surface area contributed by atoms with Crippen LogP contribution >= 0.6 is 0 Å². The van der Waals surface area contributed by atoms with Gasteiger partial charge in [0.05, 0.1) is 23.8 Å². The Labute approximate surface area is 160 Å². The van der Waals surface area contributed by atoms with E-state index in [1.165, 1.54) is 11.0 Å². The zero-order chi connectivity index (χ0) is 18.9. The maximum atomic E-state index is 12.9. The number of aromatic nitrogens is 6. The first-order valence-corrected chi connectivity index (χ1v) is 8.96. The molecule has 0 bridgehead atoms. The van der Waals surface area contributed by atoms with Crippen molar-refractivity contribution >= 4 is 16.4 Å². The molecule has 0 spiro atoms. The fourth-order valence-corrected chi connectivity index (χ4v) is 3.39. The number of fused-ring (bicyclic) bond motifs is 2. The number of imidazole rings is 1. The first kappa shape index (κ1) is 16.3. The SMILES string of the molecule is O=c1c2cccc(-c3cncnc3)c2cnn1CCc1cn2ccccc2n1. The van der Waals surface area contributed by atoms with Crippen molar-refractivity contribution in [3.8, 4) is 11.1 Å². The molecule has 0 amide bonds. The summed E-state index contributed by atoms with van der Waals surface area (Å²) < 4.78 is 3.47. The summed E-state index contributed by atoms with van der Waals surface area (Å²) in [4.78, 5) is 25.7. The zero-order valence-corrected chi connectivity index (χ0v) is 14.9. The molecule has 0 N–H and O–H groups in total. The highest BCUT2D eigenvalue weighted by Crippen LogP contribution is 2.25. The molecule has 136 valence electrons. The number of hydrogen-bond acceptors (Lipinski definition) is 5. The van der Waals surface area contributed by atoms with Crippen molar-refractivity contribution in [2.24, 2.45) is 0 Å². The Bertz CT molecular complexity index is 1310. The predicted molar refractivity (Wildman–Crippen MR) is 106 cm³/mol. The van der Waals surface area contributed by atoms with Crippen LogP contribution in [0.15, 0.2) is 78.5 Å². The minimum Gasteiger partial charge on any atom is -0.307 e. The third-order valence-electron chi connectivity index (χ3n) is 4.76. The van der Waals surface area contributed by atoms with Gasteiger partial charge in [-0.15, -0.1) is 0 Å². The molecule has 1 aromatic carbocycles. The van der Waals surface area contributed by atoms with Crippen molar-refractivity contribution in [1.29, 1.82) is 0 Å². The van der Waals surface area contributed by atoms with Crippen molar-refractivity contribution in [3.05, 3.63) is 89.8 Å². The molecule has 5 aromatic rings. The summed E-state index contributed by atoms with van der Waals surface area (Å²) >= 11 is 0. The monoisotopic (exact) mass is 368 g/mol. The van der Waals surface area contributed by atoms with Crippen LogP contribution in [0.5, 0.6) is 0 Å². The van der Waals surface area contributed by atoms with E-state index < -0.39 is 0 Å². The van der Waals surface area contributed by atoms with Gasteiger partial charge >= 0.3 is 0 Å². The maximum absolute atomic E-state index is 12.9. The van der Waals surface area contributed by atoms with E-state index in [9.17, 15) is 4.79 Å². The molecule has 0 atom stereocenters. The molecule has 0 saturated heterocycles. The molecule has 7 nitrogen and oxygen atoms in total. The second kappa shape index (κ2) is 6.70. The molecule has 0 aliphatic heterocycles. The maximum Gasteiger partial charge on any atom is 0.274 e. The summed E-state index contributed by atoms with van der Waals surface area (Å²) in [5.41, 5.74) is 3.47. The quantitative estimate of drug-likeness (QED) is 0.487. The lowest BCUT2D eigenvalue weighted by Gasteiger charge is -2.08. The Morgan fingerprint density at radius 2 is 1.82 bits per heavy atom. The molecule has 7 heteroatoms. The summed E-state index contributed by atoms with van der Waals surface area (Å²) in [5, 5.41) is 5.82. The Morgan fingerprint density at radius 3 is 2.68 bits per heavy atom. The van der Waals surface area contributed by atoms with Gasteiger partial charge < -0.3 is 4.40 Å². The topological polar surface area (TPSA) is 78.0 Å². The second-order valence-electron chi connectivity index (χ2n) is 6.52. The molecule has 0 saturated carbocycles. The van der Waals surface area contributed by atoms with Gasteiger partial charge in [0.1, 0.15) is 12.0 Å². The minimum atomic E-state index is -0.111. The van der Waals surface area contributed by atoms with Gasteiger partial charge in [-0.1, -0.05) is 18.2 Å². The average molecular weight is 368 g/mol. The number of aryl methyl sites for hydroxylation is 2. The van der Waals surface area contributed by atoms with Gasteiger partial charge in [-0.05, 0) is 23.8 Å². The van der Waals surface area contributed by atoms with Crippen LogP contribution < -0.4 is 5.56 Å². The van der Waals surface area contributed by atoms with Crippen molar-refractivity contribution in [1.82, 2.24) is 29.1 Å². The molecule has 0 fully saturated rings. The third kappa shape index (κ3) is 2.83. The van der Waals surface area contributed by atoms with Crippen LogP contribution in [0.1, 0.15) is 5.69 Å². The lowest BCUT2D eigenvalue weighted by atomic mass is 10.0. The molecule has 28 heavy (non-hydrogen) atoms. The highest BCUT2D eigenvalue weighted by atomic mass is 16.1. The molecule has 0 aliphatic carbocycles. The largest absolute Gasteiger partial charge is 0.307 e. The van der Waals surface area contributed by atoms with E-state index in [-0.39, 0.29) is 5.56 Å². The van der Waals surface area contributed by atoms with E-state index in [1.54, 1.807) is 18.6 Å². The number of nitrogens with zero attached hydrogens (tertiary/aromatic N) is 6. The summed E-state index contributed by atoms with van der Waals surface area (Å²) in [5.74, 6) is 0. The predicted octanol–water partition coefficient (Wildman–Crippen LogP) is 2.74. The Hall–Kier alpha value is -3.87. The number of hydrogen-bond donors (Lipinski definition) is 0. The Morgan fingerprint density at radius 1 is 0.929 bits per heavy atom. The number of benzene rings is 1. The van der Waals surface area contributed by atoms with Crippen molar-refractivity contribution < 1.29 is 0 Å². The molecule has 4 aromatic heterocycles. The van der Waals surface area contributed by atoms with Gasteiger partial charge in [0.2, 0.25) is 0 Å². The van der Waals surface area contributed by atoms with Crippen molar-refractivity contribution in [2.75, 3.05) is 0 Å². The molecule has 0 aliphatic rings. The molecule has 0 radical (unpaired) electrons. The number of pyridine rings is 1. The summed E-state index contributed by atoms with van der Waals surface area (Å²) in [6, 6.07) is 11.5. The molecule has 4 heterocycles. The first-order chi connectivity index (χ1) is 13.8. The third-order valence-corrected chi connectivity index (χ3v) is 4.76. The number of rotatable bonds is 4. The van der Waals surface area contributed by atoms with E-state index in [4.69, 9.17) is 0 Å². The van der Waals surface area contributed by atoms with Gasteiger partial charge in [-0.3, -0.25) is 4.79 Å². The van der Waals surface area contributed by atoms with Crippen LogP contribution in [0, 0.1) is 0 Å². The van der Waals surface area contributed by atoms with Crippen LogP contribution in [0.3, 0.4) is 0 Å². The lowest BCUT2D eigenvalue weighted by Crippen LogP contribution is -2.23. The van der Waals surface area contributed by atoms with E-state index in [1.807, 2.05) is 53.2 Å². The zero-order valence-electron chi connectivity index (χ0n) is 14.9. The summed E-state index contributed by atoms with van der Waals surface area (Å²) in [6.45, 7) is 0.470. The molecule has 5 rings (SSSR count). The molecular formula is C21H16N6O. The van der Waals surface area contributed by atoms with Gasteiger partial charge in [-0.25, -0.2) is 19.6 Å². The van der Waals surface area contributed by atoms with E-state index >= 15 is 0 Å². The van der Waals surface area contributed by atoms with Gasteiger partial charge in [-0.2, -0.15) is 5.10 Å². The lowest BCUT2D eigenvalue weighted by molar-refractivity contribution is 0.580. The van der Waals surface area contributed by atoms with Crippen LogP contribution in [-0.4, -0.2) is 29.1 Å².